The number of nitrogens with two attached hydrogens (primary N) is 1. The molecule has 0 bridgehead atoms. The minimum atomic E-state index is 0.286. The first kappa shape index (κ1) is 15.2. The monoisotopic (exact) mass is 315 g/mol. The third kappa shape index (κ3) is 3.39. The third-order valence-electron chi connectivity index (χ3n) is 3.68. The van der Waals surface area contributed by atoms with Crippen molar-refractivity contribution in [2.75, 3.05) is 29.6 Å². The summed E-state index contributed by atoms with van der Waals surface area (Å²) in [6, 6.07) is 5.93. The maximum absolute atomic E-state index is 6.17. The molecule has 1 atom stereocenters. The van der Waals surface area contributed by atoms with Gasteiger partial charge in [-0.1, -0.05) is 6.92 Å². The van der Waals surface area contributed by atoms with E-state index in [0.29, 0.717) is 36.3 Å². The van der Waals surface area contributed by atoms with Crippen molar-refractivity contribution in [3.05, 3.63) is 24.5 Å². The molecular weight excluding hydrogens is 294 g/mol. The largest absolute Gasteiger partial charge is 0.486 e. The number of nitrogens with zero attached hydrogens (tertiary/aromatic N) is 2. The van der Waals surface area contributed by atoms with Crippen LogP contribution >= 0.6 is 0 Å². The Morgan fingerprint density at radius 3 is 2.70 bits per heavy atom. The summed E-state index contributed by atoms with van der Waals surface area (Å²) in [4.78, 5) is 8.43. The first-order valence-corrected chi connectivity index (χ1v) is 7.71. The van der Waals surface area contributed by atoms with Gasteiger partial charge in [-0.15, -0.1) is 0 Å². The van der Waals surface area contributed by atoms with E-state index in [1.165, 1.54) is 6.33 Å². The van der Waals surface area contributed by atoms with Crippen molar-refractivity contribution in [3.63, 3.8) is 0 Å². The number of anilines is 4. The molecule has 7 heteroatoms. The molecule has 0 amide bonds. The SMILES string of the molecule is CCC(C)Nc1ncnc(Nc2ccc3c(c2)OCCO3)c1N. The summed E-state index contributed by atoms with van der Waals surface area (Å²) in [5, 5.41) is 6.48. The number of hydrogen-bond acceptors (Lipinski definition) is 7. The number of nitrogens with one attached hydrogen (secondary N) is 2. The second-order valence-electron chi connectivity index (χ2n) is 5.42. The van der Waals surface area contributed by atoms with Crippen LogP contribution in [-0.4, -0.2) is 29.2 Å². The van der Waals surface area contributed by atoms with Gasteiger partial charge in [0.25, 0.3) is 0 Å². The van der Waals surface area contributed by atoms with E-state index in [0.717, 1.165) is 17.9 Å². The summed E-state index contributed by atoms with van der Waals surface area (Å²) < 4.78 is 11.1. The predicted molar refractivity (Wildman–Crippen MR) is 90.5 cm³/mol. The molecule has 7 nitrogen and oxygen atoms in total. The van der Waals surface area contributed by atoms with Crippen molar-refractivity contribution < 1.29 is 9.47 Å². The van der Waals surface area contributed by atoms with Gasteiger partial charge in [0.05, 0.1) is 0 Å². The van der Waals surface area contributed by atoms with Gasteiger partial charge in [-0.25, -0.2) is 9.97 Å². The zero-order valence-electron chi connectivity index (χ0n) is 13.3. The minimum absolute atomic E-state index is 0.286. The van der Waals surface area contributed by atoms with Crippen LogP contribution in [0.1, 0.15) is 20.3 Å². The molecule has 1 aliphatic heterocycles. The molecule has 1 aliphatic rings. The number of rotatable bonds is 5. The van der Waals surface area contributed by atoms with Crippen LogP contribution in [0.5, 0.6) is 11.5 Å². The molecule has 1 aromatic carbocycles. The van der Waals surface area contributed by atoms with Crippen LogP contribution in [0.15, 0.2) is 24.5 Å². The van der Waals surface area contributed by atoms with Gasteiger partial charge in [-0.3, -0.25) is 0 Å². The highest BCUT2D eigenvalue weighted by Gasteiger charge is 2.14. The Hall–Kier alpha value is -2.70. The maximum Gasteiger partial charge on any atom is 0.163 e. The van der Waals surface area contributed by atoms with E-state index in [1.807, 2.05) is 18.2 Å². The van der Waals surface area contributed by atoms with E-state index in [-0.39, 0.29) is 6.04 Å². The fraction of sp³-hybridized carbons (Fsp3) is 0.375. The molecular formula is C16H21N5O2. The second-order valence-corrected chi connectivity index (χ2v) is 5.42. The first-order valence-electron chi connectivity index (χ1n) is 7.71. The van der Waals surface area contributed by atoms with Crippen molar-refractivity contribution in [1.82, 2.24) is 9.97 Å². The Bertz CT molecular complexity index is 692. The van der Waals surface area contributed by atoms with E-state index in [9.17, 15) is 0 Å². The van der Waals surface area contributed by atoms with E-state index in [2.05, 4.69) is 34.4 Å². The van der Waals surface area contributed by atoms with Gasteiger partial charge < -0.3 is 25.8 Å². The quantitative estimate of drug-likeness (QED) is 0.781. The van der Waals surface area contributed by atoms with Crippen molar-refractivity contribution in [2.24, 2.45) is 0 Å². The third-order valence-corrected chi connectivity index (χ3v) is 3.68. The van der Waals surface area contributed by atoms with E-state index >= 15 is 0 Å². The van der Waals surface area contributed by atoms with Gasteiger partial charge in [0.2, 0.25) is 0 Å². The van der Waals surface area contributed by atoms with Gasteiger partial charge in [0, 0.05) is 17.8 Å². The molecule has 0 radical (unpaired) electrons. The molecule has 2 heterocycles. The van der Waals surface area contributed by atoms with Crippen molar-refractivity contribution in [1.29, 1.82) is 0 Å². The van der Waals surface area contributed by atoms with Gasteiger partial charge in [-0.2, -0.15) is 0 Å². The molecule has 1 unspecified atom stereocenters. The smallest absolute Gasteiger partial charge is 0.163 e. The summed E-state index contributed by atoms with van der Waals surface area (Å²) in [5.74, 6) is 2.65. The highest BCUT2D eigenvalue weighted by Crippen LogP contribution is 2.34. The Labute approximate surface area is 135 Å². The van der Waals surface area contributed by atoms with Crippen LogP contribution < -0.4 is 25.8 Å². The maximum atomic E-state index is 6.17. The lowest BCUT2D eigenvalue weighted by Gasteiger charge is -2.19. The van der Waals surface area contributed by atoms with E-state index in [4.69, 9.17) is 15.2 Å². The number of aromatic nitrogens is 2. The molecule has 0 spiro atoms. The average Bonchev–Trinajstić information content (AvgIpc) is 2.58. The number of hydrogen-bond donors (Lipinski definition) is 3. The number of ether oxygens (including phenoxy) is 2. The number of benzene rings is 1. The molecule has 2 aromatic rings. The summed E-state index contributed by atoms with van der Waals surface area (Å²) in [6.45, 7) is 5.30. The van der Waals surface area contributed by atoms with Crippen LogP contribution in [0.2, 0.25) is 0 Å². The van der Waals surface area contributed by atoms with Crippen molar-refractivity contribution >= 4 is 23.0 Å². The zero-order valence-corrected chi connectivity index (χ0v) is 13.3. The molecule has 3 rings (SSSR count). The van der Waals surface area contributed by atoms with Crippen LogP contribution in [0.3, 0.4) is 0 Å². The minimum Gasteiger partial charge on any atom is -0.486 e. The topological polar surface area (TPSA) is 94.3 Å². The summed E-state index contributed by atoms with van der Waals surface area (Å²) in [6.07, 6.45) is 2.47. The predicted octanol–water partition coefficient (Wildman–Crippen LogP) is 2.78. The highest BCUT2D eigenvalue weighted by atomic mass is 16.6. The second kappa shape index (κ2) is 6.60. The fourth-order valence-corrected chi connectivity index (χ4v) is 2.20. The fourth-order valence-electron chi connectivity index (χ4n) is 2.20. The van der Waals surface area contributed by atoms with Crippen LogP contribution in [0, 0.1) is 0 Å². The zero-order chi connectivity index (χ0) is 16.2. The summed E-state index contributed by atoms with van der Waals surface area (Å²) >= 11 is 0. The van der Waals surface area contributed by atoms with Gasteiger partial charge in [0.1, 0.15) is 25.2 Å². The summed E-state index contributed by atoms with van der Waals surface area (Å²) in [5.41, 5.74) is 7.48. The number of nitrogen functional groups attached to an aromatic ring is 1. The molecule has 0 saturated carbocycles. The van der Waals surface area contributed by atoms with Gasteiger partial charge in [-0.05, 0) is 25.5 Å². The number of fused-ring (bicyclic) bond motifs is 1. The molecule has 0 aliphatic carbocycles. The lowest BCUT2D eigenvalue weighted by molar-refractivity contribution is 0.171. The Balaban J connectivity index is 1.81. The lowest BCUT2D eigenvalue weighted by Crippen LogP contribution is -2.17. The molecule has 0 saturated heterocycles. The lowest BCUT2D eigenvalue weighted by atomic mass is 10.2. The Morgan fingerprint density at radius 2 is 1.91 bits per heavy atom. The van der Waals surface area contributed by atoms with Crippen molar-refractivity contribution in [3.8, 4) is 11.5 Å². The van der Waals surface area contributed by atoms with Gasteiger partial charge >= 0.3 is 0 Å². The molecule has 4 N–H and O–H groups in total. The Kier molecular flexibility index (Phi) is 4.36. The van der Waals surface area contributed by atoms with Crippen molar-refractivity contribution in [2.45, 2.75) is 26.3 Å². The average molecular weight is 315 g/mol. The Morgan fingerprint density at radius 1 is 1.17 bits per heavy atom. The standard InChI is InChI=1S/C16H21N5O2/c1-3-10(2)20-15-14(17)16(19-9-18-15)21-11-4-5-12-13(8-11)23-7-6-22-12/h4-5,8-10H,3,6-7,17H2,1-2H3,(H2,18,19,20,21). The molecule has 1 aromatic heterocycles. The first-order chi connectivity index (χ1) is 11.2. The van der Waals surface area contributed by atoms with Crippen LogP contribution in [0.4, 0.5) is 23.0 Å². The van der Waals surface area contributed by atoms with Crippen LogP contribution in [0.25, 0.3) is 0 Å². The van der Waals surface area contributed by atoms with E-state index in [1.54, 1.807) is 0 Å². The van der Waals surface area contributed by atoms with E-state index < -0.39 is 0 Å². The normalized spacial score (nSPS) is 14.2. The highest BCUT2D eigenvalue weighted by molar-refractivity contribution is 5.78. The van der Waals surface area contributed by atoms with Gasteiger partial charge in [0.15, 0.2) is 23.1 Å². The molecule has 0 fully saturated rings. The molecule has 122 valence electrons. The van der Waals surface area contributed by atoms with Crippen LogP contribution in [-0.2, 0) is 0 Å². The molecule has 23 heavy (non-hydrogen) atoms. The summed E-state index contributed by atoms with van der Waals surface area (Å²) in [7, 11) is 0.